The first-order chi connectivity index (χ1) is 8.99. The molecule has 4 nitrogen and oxygen atoms in total. The minimum absolute atomic E-state index is 0.287. The molecule has 5 heteroatoms. The average Bonchev–Trinajstić information content (AvgIpc) is 2.37. The topological polar surface area (TPSA) is 68.0 Å². The second-order valence-electron chi connectivity index (χ2n) is 4.32. The van der Waals surface area contributed by atoms with Gasteiger partial charge in [-0.1, -0.05) is 23.7 Å². The summed E-state index contributed by atoms with van der Waals surface area (Å²) in [5.74, 6) is 0.166. The zero-order chi connectivity index (χ0) is 14.0. The van der Waals surface area contributed by atoms with Crippen LogP contribution in [0.5, 0.6) is 0 Å². The number of pyridine rings is 1. The fourth-order valence-corrected chi connectivity index (χ4v) is 1.85. The number of halogens is 1. The molecule has 0 aliphatic carbocycles. The SMILES string of the molecule is Cc1cc(NC(=O)c2cccc(C)c2Cl)ncc1N. The molecule has 1 amide bonds. The predicted molar refractivity (Wildman–Crippen MR) is 77.5 cm³/mol. The Labute approximate surface area is 116 Å². The summed E-state index contributed by atoms with van der Waals surface area (Å²) in [6.45, 7) is 3.71. The highest BCUT2D eigenvalue weighted by Gasteiger charge is 2.12. The maximum Gasteiger partial charge on any atom is 0.258 e. The highest BCUT2D eigenvalue weighted by molar-refractivity contribution is 6.35. The summed E-state index contributed by atoms with van der Waals surface area (Å²) in [4.78, 5) is 16.2. The van der Waals surface area contributed by atoms with Crippen LogP contribution in [0, 0.1) is 13.8 Å². The predicted octanol–water partition coefficient (Wildman–Crippen LogP) is 3.19. The van der Waals surface area contributed by atoms with Crippen molar-refractivity contribution in [1.29, 1.82) is 0 Å². The first-order valence-corrected chi connectivity index (χ1v) is 6.15. The van der Waals surface area contributed by atoms with Crippen molar-refractivity contribution in [3.63, 3.8) is 0 Å². The van der Waals surface area contributed by atoms with Gasteiger partial charge in [-0.25, -0.2) is 4.98 Å². The van der Waals surface area contributed by atoms with Crippen molar-refractivity contribution in [2.75, 3.05) is 11.1 Å². The van der Waals surface area contributed by atoms with Gasteiger partial charge in [-0.2, -0.15) is 0 Å². The number of rotatable bonds is 2. The van der Waals surface area contributed by atoms with E-state index >= 15 is 0 Å². The molecule has 19 heavy (non-hydrogen) atoms. The van der Waals surface area contributed by atoms with Gasteiger partial charge in [0.15, 0.2) is 0 Å². The molecule has 2 rings (SSSR count). The van der Waals surface area contributed by atoms with Crippen LogP contribution in [0.15, 0.2) is 30.5 Å². The normalized spacial score (nSPS) is 10.3. The third-order valence-electron chi connectivity index (χ3n) is 2.83. The molecule has 98 valence electrons. The number of hydrogen-bond acceptors (Lipinski definition) is 3. The van der Waals surface area contributed by atoms with Gasteiger partial charge in [0, 0.05) is 0 Å². The van der Waals surface area contributed by atoms with Crippen LogP contribution in [0.1, 0.15) is 21.5 Å². The maximum absolute atomic E-state index is 12.1. The monoisotopic (exact) mass is 275 g/mol. The molecule has 1 aromatic heterocycles. The van der Waals surface area contributed by atoms with Gasteiger partial charge in [0.05, 0.1) is 22.5 Å². The molecule has 0 aliphatic rings. The fourth-order valence-electron chi connectivity index (χ4n) is 1.64. The first-order valence-electron chi connectivity index (χ1n) is 5.77. The summed E-state index contributed by atoms with van der Waals surface area (Å²) in [6, 6.07) is 7.04. The molecular weight excluding hydrogens is 262 g/mol. The highest BCUT2D eigenvalue weighted by atomic mass is 35.5. The minimum Gasteiger partial charge on any atom is -0.397 e. The Kier molecular flexibility index (Phi) is 3.71. The summed E-state index contributed by atoms with van der Waals surface area (Å²) in [5, 5.41) is 3.16. The molecule has 0 aliphatic heterocycles. The van der Waals surface area contributed by atoms with Gasteiger partial charge < -0.3 is 11.1 Å². The first kappa shape index (κ1) is 13.4. The summed E-state index contributed by atoms with van der Waals surface area (Å²) < 4.78 is 0. The van der Waals surface area contributed by atoms with Crippen molar-refractivity contribution in [3.05, 3.63) is 52.2 Å². The number of hydrogen-bond donors (Lipinski definition) is 2. The van der Waals surface area contributed by atoms with Crippen molar-refractivity contribution < 1.29 is 4.79 Å². The summed E-state index contributed by atoms with van der Waals surface area (Å²) in [7, 11) is 0. The van der Waals surface area contributed by atoms with Crippen LogP contribution in [0.3, 0.4) is 0 Å². The average molecular weight is 276 g/mol. The quantitative estimate of drug-likeness (QED) is 0.884. The molecule has 0 atom stereocenters. The standard InChI is InChI=1S/C14H14ClN3O/c1-8-4-3-5-10(13(8)15)14(19)18-12-6-9(2)11(16)7-17-12/h3-7H,16H2,1-2H3,(H,17,18,19). The zero-order valence-corrected chi connectivity index (χ0v) is 11.5. The number of aryl methyl sites for hydroxylation is 2. The van der Waals surface area contributed by atoms with E-state index in [4.69, 9.17) is 17.3 Å². The molecule has 3 N–H and O–H groups in total. The van der Waals surface area contributed by atoms with Gasteiger partial charge in [-0.15, -0.1) is 0 Å². The number of nitrogens with zero attached hydrogens (tertiary/aromatic N) is 1. The number of carbonyl (C=O) groups is 1. The second-order valence-corrected chi connectivity index (χ2v) is 4.69. The summed E-state index contributed by atoms with van der Waals surface area (Å²) in [5.41, 5.74) is 8.42. The number of nitrogen functional groups attached to an aromatic ring is 1. The van der Waals surface area contributed by atoms with E-state index in [-0.39, 0.29) is 5.91 Å². The van der Waals surface area contributed by atoms with Crippen LogP contribution in [-0.4, -0.2) is 10.9 Å². The molecule has 1 heterocycles. The lowest BCUT2D eigenvalue weighted by molar-refractivity contribution is 0.102. The molecule has 0 fully saturated rings. The van der Waals surface area contributed by atoms with Crippen molar-refractivity contribution in [3.8, 4) is 0 Å². The van der Waals surface area contributed by atoms with E-state index in [0.717, 1.165) is 11.1 Å². The van der Waals surface area contributed by atoms with Gasteiger partial charge in [0.25, 0.3) is 5.91 Å². The van der Waals surface area contributed by atoms with Crippen molar-refractivity contribution in [1.82, 2.24) is 4.98 Å². The lowest BCUT2D eigenvalue weighted by atomic mass is 10.1. The lowest BCUT2D eigenvalue weighted by Crippen LogP contribution is -2.14. The van der Waals surface area contributed by atoms with Crippen molar-refractivity contribution in [2.24, 2.45) is 0 Å². The van der Waals surface area contributed by atoms with E-state index in [0.29, 0.717) is 22.1 Å². The molecule has 0 radical (unpaired) electrons. The van der Waals surface area contributed by atoms with Gasteiger partial charge >= 0.3 is 0 Å². The van der Waals surface area contributed by atoms with Crippen molar-refractivity contribution >= 4 is 29.0 Å². The van der Waals surface area contributed by atoms with E-state index < -0.39 is 0 Å². The summed E-state index contributed by atoms with van der Waals surface area (Å²) >= 11 is 6.11. The van der Waals surface area contributed by atoms with Crippen LogP contribution in [-0.2, 0) is 0 Å². The Bertz CT molecular complexity index is 641. The molecule has 0 spiro atoms. The Morgan fingerprint density at radius 2 is 2.05 bits per heavy atom. The molecular formula is C14H14ClN3O. The van der Waals surface area contributed by atoms with Crippen LogP contribution in [0.25, 0.3) is 0 Å². The van der Waals surface area contributed by atoms with Gasteiger partial charge in [0.1, 0.15) is 5.82 Å². The maximum atomic E-state index is 12.1. The third-order valence-corrected chi connectivity index (χ3v) is 3.33. The number of aromatic nitrogens is 1. The molecule has 1 aromatic carbocycles. The van der Waals surface area contributed by atoms with Gasteiger partial charge in [0.2, 0.25) is 0 Å². The minimum atomic E-state index is -0.287. The third kappa shape index (κ3) is 2.85. The van der Waals surface area contributed by atoms with Gasteiger partial charge in [-0.05, 0) is 37.1 Å². The zero-order valence-electron chi connectivity index (χ0n) is 10.7. The Morgan fingerprint density at radius 1 is 1.32 bits per heavy atom. The number of carbonyl (C=O) groups excluding carboxylic acids is 1. The van der Waals surface area contributed by atoms with Crippen LogP contribution in [0.4, 0.5) is 11.5 Å². The Morgan fingerprint density at radius 3 is 2.74 bits per heavy atom. The highest BCUT2D eigenvalue weighted by Crippen LogP contribution is 2.21. The van der Waals surface area contributed by atoms with Crippen LogP contribution in [0.2, 0.25) is 5.02 Å². The Balaban J connectivity index is 2.26. The number of amides is 1. The van der Waals surface area contributed by atoms with E-state index in [2.05, 4.69) is 10.3 Å². The molecule has 2 aromatic rings. The largest absolute Gasteiger partial charge is 0.397 e. The molecule has 0 saturated heterocycles. The molecule has 0 bridgehead atoms. The van der Waals surface area contributed by atoms with Crippen LogP contribution < -0.4 is 11.1 Å². The van der Waals surface area contributed by atoms with Crippen molar-refractivity contribution in [2.45, 2.75) is 13.8 Å². The second kappa shape index (κ2) is 5.28. The number of nitrogens with one attached hydrogen (secondary N) is 1. The number of nitrogens with two attached hydrogens (primary N) is 1. The van der Waals surface area contributed by atoms with E-state index in [1.165, 1.54) is 6.20 Å². The lowest BCUT2D eigenvalue weighted by Gasteiger charge is -2.08. The molecule has 0 unspecified atom stereocenters. The Hall–Kier alpha value is -2.07. The van der Waals surface area contributed by atoms with E-state index in [1.54, 1.807) is 18.2 Å². The van der Waals surface area contributed by atoms with E-state index in [9.17, 15) is 4.79 Å². The fraction of sp³-hybridized carbons (Fsp3) is 0.143. The van der Waals surface area contributed by atoms with Crippen LogP contribution >= 0.6 is 11.6 Å². The summed E-state index contributed by atoms with van der Waals surface area (Å²) in [6.07, 6.45) is 1.52. The number of benzene rings is 1. The van der Waals surface area contributed by atoms with Gasteiger partial charge in [-0.3, -0.25) is 4.79 Å². The van der Waals surface area contributed by atoms with E-state index in [1.807, 2.05) is 19.9 Å². The smallest absolute Gasteiger partial charge is 0.258 e. The molecule has 0 saturated carbocycles. The number of anilines is 2.